The van der Waals surface area contributed by atoms with Gasteiger partial charge in [-0.1, -0.05) is 13.3 Å². The lowest BCUT2D eigenvalue weighted by molar-refractivity contribution is 0.0421. The Morgan fingerprint density at radius 2 is 2.00 bits per heavy atom. The summed E-state index contributed by atoms with van der Waals surface area (Å²) < 4.78 is 10.9. The zero-order valence-corrected chi connectivity index (χ0v) is 12.8. The third-order valence-corrected chi connectivity index (χ3v) is 3.32. The van der Waals surface area contributed by atoms with Gasteiger partial charge < -0.3 is 25.0 Å². The van der Waals surface area contributed by atoms with E-state index in [1.807, 2.05) is 6.92 Å². The summed E-state index contributed by atoms with van der Waals surface area (Å²) in [5.74, 6) is 0. The van der Waals surface area contributed by atoms with Crippen molar-refractivity contribution in [3.05, 3.63) is 0 Å². The number of hydrogen-bond donors (Lipinski definition) is 2. The Bertz CT molecular complexity index is 264. The average Bonchev–Trinajstić information content (AvgIpc) is 2.76. The Morgan fingerprint density at radius 1 is 1.25 bits per heavy atom. The first-order chi connectivity index (χ1) is 9.75. The molecule has 0 spiro atoms. The molecule has 0 radical (unpaired) electrons. The fourth-order valence-corrected chi connectivity index (χ4v) is 2.02. The number of carbonyl (C=O) groups excluding carboxylic acids is 1. The van der Waals surface area contributed by atoms with Gasteiger partial charge in [0.1, 0.15) is 0 Å². The number of carbonyl (C=O) groups is 1. The highest BCUT2D eigenvalue weighted by Gasteiger charge is 2.26. The van der Waals surface area contributed by atoms with Gasteiger partial charge in [-0.15, -0.1) is 0 Å². The van der Waals surface area contributed by atoms with Gasteiger partial charge in [-0.2, -0.15) is 0 Å². The van der Waals surface area contributed by atoms with Crippen LogP contribution in [0, 0.1) is 0 Å². The second-order valence-electron chi connectivity index (χ2n) is 5.06. The lowest BCUT2D eigenvalue weighted by Gasteiger charge is -2.19. The molecule has 1 saturated heterocycles. The van der Waals surface area contributed by atoms with Gasteiger partial charge in [0.2, 0.25) is 0 Å². The van der Waals surface area contributed by atoms with Crippen LogP contribution in [0.1, 0.15) is 26.7 Å². The fraction of sp³-hybridized carbons (Fsp3) is 0.929. The van der Waals surface area contributed by atoms with Gasteiger partial charge >= 0.3 is 6.03 Å². The number of nitrogens with zero attached hydrogens (tertiary/aromatic N) is 1. The summed E-state index contributed by atoms with van der Waals surface area (Å²) in [6.45, 7) is 10.0. The molecule has 1 unspecified atom stereocenters. The van der Waals surface area contributed by atoms with E-state index in [1.54, 1.807) is 4.90 Å². The van der Waals surface area contributed by atoms with Crippen molar-refractivity contribution in [2.24, 2.45) is 0 Å². The van der Waals surface area contributed by atoms with E-state index < -0.39 is 0 Å². The van der Waals surface area contributed by atoms with Crippen molar-refractivity contribution in [2.75, 3.05) is 52.6 Å². The first kappa shape index (κ1) is 17.2. The van der Waals surface area contributed by atoms with E-state index in [-0.39, 0.29) is 12.1 Å². The molecule has 6 nitrogen and oxygen atoms in total. The molecule has 0 aromatic carbocycles. The highest BCUT2D eigenvalue weighted by molar-refractivity contribution is 5.76. The molecule has 1 rings (SSSR count). The lowest BCUT2D eigenvalue weighted by atomic mass is 10.3. The summed E-state index contributed by atoms with van der Waals surface area (Å²) in [7, 11) is 0. The fourth-order valence-electron chi connectivity index (χ4n) is 2.02. The van der Waals surface area contributed by atoms with Crippen molar-refractivity contribution < 1.29 is 14.3 Å². The molecule has 6 heteroatoms. The molecule has 1 aliphatic rings. The quantitative estimate of drug-likeness (QED) is 0.522. The molecule has 20 heavy (non-hydrogen) atoms. The van der Waals surface area contributed by atoms with Gasteiger partial charge in [0, 0.05) is 25.7 Å². The van der Waals surface area contributed by atoms with Crippen LogP contribution in [0.5, 0.6) is 0 Å². The van der Waals surface area contributed by atoms with Crippen LogP contribution in [0.4, 0.5) is 4.79 Å². The molecule has 1 heterocycles. The second-order valence-corrected chi connectivity index (χ2v) is 5.06. The normalized spacial score (nSPS) is 18.6. The molecule has 0 aromatic rings. The molecule has 1 aliphatic heterocycles. The summed E-state index contributed by atoms with van der Waals surface area (Å²) in [5, 5.41) is 6.13. The first-order valence-electron chi connectivity index (χ1n) is 7.66. The smallest absolute Gasteiger partial charge is 0.317 e. The van der Waals surface area contributed by atoms with E-state index in [2.05, 4.69) is 17.6 Å². The molecule has 2 amide bonds. The van der Waals surface area contributed by atoms with Crippen LogP contribution in [0.25, 0.3) is 0 Å². The van der Waals surface area contributed by atoms with E-state index in [0.29, 0.717) is 26.4 Å². The van der Waals surface area contributed by atoms with Crippen LogP contribution in [0.3, 0.4) is 0 Å². The maximum absolute atomic E-state index is 11.4. The predicted molar refractivity (Wildman–Crippen MR) is 79.0 cm³/mol. The van der Waals surface area contributed by atoms with Gasteiger partial charge in [0.05, 0.1) is 26.4 Å². The topological polar surface area (TPSA) is 62.8 Å². The Hall–Kier alpha value is -0.850. The van der Waals surface area contributed by atoms with Crippen molar-refractivity contribution in [1.82, 2.24) is 15.5 Å². The van der Waals surface area contributed by atoms with Gasteiger partial charge in [0.15, 0.2) is 0 Å². The number of unbranched alkanes of at least 4 members (excludes halogenated alkanes) is 1. The molecule has 1 atom stereocenters. The predicted octanol–water partition coefficient (Wildman–Crippen LogP) is 0.823. The number of hydrogen-bond acceptors (Lipinski definition) is 4. The number of nitrogens with one attached hydrogen (secondary N) is 2. The summed E-state index contributed by atoms with van der Waals surface area (Å²) in [4.78, 5) is 13.2. The maximum Gasteiger partial charge on any atom is 0.317 e. The lowest BCUT2D eigenvalue weighted by Crippen LogP contribution is -2.35. The number of amides is 2. The third kappa shape index (κ3) is 7.07. The monoisotopic (exact) mass is 287 g/mol. The number of urea groups is 1. The van der Waals surface area contributed by atoms with Crippen LogP contribution in [0.2, 0.25) is 0 Å². The minimum absolute atomic E-state index is 0.00973. The van der Waals surface area contributed by atoms with E-state index in [1.165, 1.54) is 12.8 Å². The number of rotatable bonds is 12. The Morgan fingerprint density at radius 3 is 2.65 bits per heavy atom. The second kappa shape index (κ2) is 10.9. The maximum atomic E-state index is 11.4. The molecular weight excluding hydrogens is 258 g/mol. The molecule has 0 aromatic heterocycles. The SMILES string of the molecule is CCCCNCCOCCOCCN1C(=O)NCC1C. The van der Waals surface area contributed by atoms with E-state index >= 15 is 0 Å². The summed E-state index contributed by atoms with van der Waals surface area (Å²) >= 11 is 0. The zero-order valence-electron chi connectivity index (χ0n) is 12.8. The van der Waals surface area contributed by atoms with Gasteiger partial charge in [0.25, 0.3) is 0 Å². The van der Waals surface area contributed by atoms with Crippen molar-refractivity contribution >= 4 is 6.03 Å². The third-order valence-electron chi connectivity index (χ3n) is 3.32. The average molecular weight is 287 g/mol. The molecule has 1 fully saturated rings. The van der Waals surface area contributed by atoms with Crippen LogP contribution in [0.15, 0.2) is 0 Å². The highest BCUT2D eigenvalue weighted by Crippen LogP contribution is 2.04. The molecule has 118 valence electrons. The first-order valence-corrected chi connectivity index (χ1v) is 7.66. The van der Waals surface area contributed by atoms with E-state index in [4.69, 9.17) is 9.47 Å². The standard InChI is InChI=1S/C14H29N3O3/c1-3-4-5-15-6-8-19-10-11-20-9-7-17-13(2)12-16-14(17)18/h13,15H,3-12H2,1-2H3,(H,16,18). The van der Waals surface area contributed by atoms with Crippen molar-refractivity contribution in [2.45, 2.75) is 32.7 Å². The minimum atomic E-state index is 0.00973. The van der Waals surface area contributed by atoms with Crippen molar-refractivity contribution in [3.8, 4) is 0 Å². The molecule has 0 saturated carbocycles. The van der Waals surface area contributed by atoms with E-state index in [9.17, 15) is 4.79 Å². The highest BCUT2D eigenvalue weighted by atomic mass is 16.5. The summed E-state index contributed by atoms with van der Waals surface area (Å²) in [6.07, 6.45) is 2.43. The summed E-state index contributed by atoms with van der Waals surface area (Å²) in [5.41, 5.74) is 0. The van der Waals surface area contributed by atoms with Crippen LogP contribution in [-0.4, -0.2) is 69.6 Å². The van der Waals surface area contributed by atoms with Crippen LogP contribution >= 0.6 is 0 Å². The largest absolute Gasteiger partial charge is 0.378 e. The Balaban J connectivity index is 1.82. The van der Waals surface area contributed by atoms with E-state index in [0.717, 1.165) is 26.2 Å². The summed E-state index contributed by atoms with van der Waals surface area (Å²) in [6, 6.07) is 0.270. The van der Waals surface area contributed by atoms with Crippen LogP contribution in [-0.2, 0) is 9.47 Å². The Labute approximate surface area is 122 Å². The number of ether oxygens (including phenoxy) is 2. The van der Waals surface area contributed by atoms with Gasteiger partial charge in [-0.3, -0.25) is 0 Å². The molecular formula is C14H29N3O3. The zero-order chi connectivity index (χ0) is 14.6. The minimum Gasteiger partial charge on any atom is -0.378 e. The van der Waals surface area contributed by atoms with Gasteiger partial charge in [-0.05, 0) is 19.9 Å². The molecule has 2 N–H and O–H groups in total. The molecule has 0 bridgehead atoms. The van der Waals surface area contributed by atoms with Crippen LogP contribution < -0.4 is 10.6 Å². The van der Waals surface area contributed by atoms with Gasteiger partial charge in [-0.25, -0.2) is 4.79 Å². The Kier molecular flexibility index (Phi) is 9.36. The molecule has 0 aliphatic carbocycles. The van der Waals surface area contributed by atoms with Crippen molar-refractivity contribution in [1.29, 1.82) is 0 Å². The van der Waals surface area contributed by atoms with Crippen molar-refractivity contribution in [3.63, 3.8) is 0 Å².